The van der Waals surface area contributed by atoms with Gasteiger partial charge in [-0.3, -0.25) is 9.59 Å². The summed E-state index contributed by atoms with van der Waals surface area (Å²) in [5, 5.41) is 0. The number of carbonyl (C=O) groups is 2. The molecule has 1 amide bonds. The van der Waals surface area contributed by atoms with Crippen LogP contribution in [0.3, 0.4) is 0 Å². The summed E-state index contributed by atoms with van der Waals surface area (Å²) in [4.78, 5) is 24.3. The minimum Gasteiger partial charge on any atom is -0.469 e. The van der Waals surface area contributed by atoms with Crippen molar-refractivity contribution >= 4 is 11.9 Å². The summed E-state index contributed by atoms with van der Waals surface area (Å²) in [5.41, 5.74) is 0. The van der Waals surface area contributed by atoms with Crippen LogP contribution in [0.2, 0.25) is 0 Å². The van der Waals surface area contributed by atoms with E-state index in [-0.39, 0.29) is 18.3 Å². The van der Waals surface area contributed by atoms with E-state index in [0.717, 1.165) is 6.42 Å². The highest BCUT2D eigenvalue weighted by molar-refractivity contribution is 5.77. The van der Waals surface area contributed by atoms with Crippen LogP contribution in [0.1, 0.15) is 33.1 Å². The molecule has 0 spiro atoms. The first-order valence-electron chi connectivity index (χ1n) is 6.08. The van der Waals surface area contributed by atoms with Gasteiger partial charge < -0.3 is 14.4 Å². The van der Waals surface area contributed by atoms with Crippen LogP contribution in [0.5, 0.6) is 0 Å². The van der Waals surface area contributed by atoms with Crippen molar-refractivity contribution in [2.75, 3.05) is 33.4 Å². The van der Waals surface area contributed by atoms with Crippen molar-refractivity contribution in [1.29, 1.82) is 0 Å². The van der Waals surface area contributed by atoms with Crippen LogP contribution in [0.4, 0.5) is 0 Å². The van der Waals surface area contributed by atoms with E-state index >= 15 is 0 Å². The molecule has 0 aliphatic rings. The Bertz CT molecular complexity index is 231. The van der Waals surface area contributed by atoms with Gasteiger partial charge in [-0.2, -0.15) is 0 Å². The zero-order valence-electron chi connectivity index (χ0n) is 11.0. The summed E-state index contributed by atoms with van der Waals surface area (Å²) in [6.45, 7) is 6.06. The fourth-order valence-corrected chi connectivity index (χ4v) is 1.35. The Morgan fingerprint density at radius 3 is 2.35 bits per heavy atom. The molecule has 5 nitrogen and oxygen atoms in total. The lowest BCUT2D eigenvalue weighted by molar-refractivity contribution is -0.141. The molecule has 100 valence electrons. The van der Waals surface area contributed by atoms with Crippen molar-refractivity contribution in [2.24, 2.45) is 0 Å². The van der Waals surface area contributed by atoms with Crippen molar-refractivity contribution < 1.29 is 19.1 Å². The highest BCUT2D eigenvalue weighted by Gasteiger charge is 2.12. The summed E-state index contributed by atoms with van der Waals surface area (Å²) in [7, 11) is 1.35. The lowest BCUT2D eigenvalue weighted by atomic mass is 10.3. The standard InChI is InChI=1S/C12H23NO4/c1-4-9-17-10-7-11(14)13(5-2)8-6-12(15)16-3/h4-10H2,1-3H3. The van der Waals surface area contributed by atoms with Crippen molar-refractivity contribution in [2.45, 2.75) is 33.1 Å². The predicted octanol–water partition coefficient (Wildman–Crippen LogP) is 1.21. The molecule has 0 aromatic carbocycles. The second-order valence-electron chi connectivity index (χ2n) is 3.66. The number of nitrogens with zero attached hydrogens (tertiary/aromatic N) is 1. The van der Waals surface area contributed by atoms with Gasteiger partial charge in [0.2, 0.25) is 5.91 Å². The smallest absolute Gasteiger partial charge is 0.307 e. The van der Waals surface area contributed by atoms with Crippen molar-refractivity contribution in [3.8, 4) is 0 Å². The highest BCUT2D eigenvalue weighted by atomic mass is 16.5. The molecule has 0 atom stereocenters. The maximum atomic E-state index is 11.7. The Balaban J connectivity index is 3.83. The molecule has 0 heterocycles. The minimum atomic E-state index is -0.293. The fraction of sp³-hybridized carbons (Fsp3) is 0.833. The Hall–Kier alpha value is -1.10. The maximum Gasteiger partial charge on any atom is 0.307 e. The zero-order valence-corrected chi connectivity index (χ0v) is 11.0. The Labute approximate surface area is 103 Å². The number of hydrogen-bond donors (Lipinski definition) is 0. The van der Waals surface area contributed by atoms with E-state index in [1.54, 1.807) is 4.90 Å². The predicted molar refractivity (Wildman–Crippen MR) is 64.6 cm³/mol. The normalized spacial score (nSPS) is 10.1. The van der Waals surface area contributed by atoms with Crippen LogP contribution < -0.4 is 0 Å². The zero-order chi connectivity index (χ0) is 13.1. The van der Waals surface area contributed by atoms with Crippen LogP contribution in [0.25, 0.3) is 0 Å². The van der Waals surface area contributed by atoms with Gasteiger partial charge >= 0.3 is 5.97 Å². The van der Waals surface area contributed by atoms with Crippen molar-refractivity contribution in [3.05, 3.63) is 0 Å². The number of hydrogen-bond acceptors (Lipinski definition) is 4. The Morgan fingerprint density at radius 2 is 1.82 bits per heavy atom. The first-order chi connectivity index (χ1) is 8.15. The van der Waals surface area contributed by atoms with Gasteiger partial charge in [0, 0.05) is 19.7 Å². The molecule has 0 aromatic heterocycles. The van der Waals surface area contributed by atoms with Gasteiger partial charge in [0.15, 0.2) is 0 Å². The Kier molecular flexibility index (Phi) is 9.43. The molecule has 0 aromatic rings. The first kappa shape index (κ1) is 15.9. The van der Waals surface area contributed by atoms with Gasteiger partial charge in [0.25, 0.3) is 0 Å². The van der Waals surface area contributed by atoms with Crippen LogP contribution in [-0.2, 0) is 19.1 Å². The molecule has 0 unspecified atom stereocenters. The maximum absolute atomic E-state index is 11.7. The average Bonchev–Trinajstić information content (AvgIpc) is 2.35. The third-order valence-electron chi connectivity index (χ3n) is 2.36. The summed E-state index contributed by atoms with van der Waals surface area (Å²) in [5.74, 6) is -0.272. The average molecular weight is 245 g/mol. The van der Waals surface area contributed by atoms with E-state index in [1.807, 2.05) is 13.8 Å². The molecule has 0 aliphatic carbocycles. The summed E-state index contributed by atoms with van der Waals surface area (Å²) in [6, 6.07) is 0. The van der Waals surface area contributed by atoms with Gasteiger partial charge in [-0.15, -0.1) is 0 Å². The minimum absolute atomic E-state index is 0.0208. The number of methoxy groups -OCH3 is 1. The third kappa shape index (κ3) is 7.74. The molecule has 0 saturated heterocycles. The molecule has 17 heavy (non-hydrogen) atoms. The quantitative estimate of drug-likeness (QED) is 0.452. The van der Waals surface area contributed by atoms with E-state index in [2.05, 4.69) is 4.74 Å². The molecule has 0 aliphatic heterocycles. The molecule has 0 bridgehead atoms. The van der Waals surface area contributed by atoms with Crippen LogP contribution in [0.15, 0.2) is 0 Å². The highest BCUT2D eigenvalue weighted by Crippen LogP contribution is 1.98. The topological polar surface area (TPSA) is 55.8 Å². The Morgan fingerprint density at radius 1 is 1.12 bits per heavy atom. The monoisotopic (exact) mass is 245 g/mol. The van der Waals surface area contributed by atoms with Crippen molar-refractivity contribution in [1.82, 2.24) is 4.90 Å². The van der Waals surface area contributed by atoms with E-state index < -0.39 is 0 Å². The molecule has 0 fully saturated rings. The van der Waals surface area contributed by atoms with Gasteiger partial charge in [0.05, 0.1) is 26.6 Å². The van der Waals surface area contributed by atoms with E-state index in [1.165, 1.54) is 7.11 Å². The van der Waals surface area contributed by atoms with E-state index in [9.17, 15) is 9.59 Å². The number of amides is 1. The van der Waals surface area contributed by atoms with Gasteiger partial charge in [-0.1, -0.05) is 6.92 Å². The van der Waals surface area contributed by atoms with Crippen LogP contribution in [0, 0.1) is 0 Å². The van der Waals surface area contributed by atoms with E-state index in [0.29, 0.717) is 32.7 Å². The lowest BCUT2D eigenvalue weighted by Gasteiger charge is -2.20. The second kappa shape index (κ2) is 10.1. The number of rotatable bonds is 9. The summed E-state index contributed by atoms with van der Waals surface area (Å²) >= 11 is 0. The molecule has 0 saturated carbocycles. The molecule has 0 N–H and O–H groups in total. The van der Waals surface area contributed by atoms with Gasteiger partial charge in [-0.25, -0.2) is 0 Å². The third-order valence-corrected chi connectivity index (χ3v) is 2.36. The van der Waals surface area contributed by atoms with Crippen LogP contribution in [-0.4, -0.2) is 50.2 Å². The molecular formula is C12H23NO4. The number of ether oxygens (including phenoxy) is 2. The van der Waals surface area contributed by atoms with Gasteiger partial charge in [-0.05, 0) is 13.3 Å². The first-order valence-corrected chi connectivity index (χ1v) is 6.08. The molecule has 5 heteroatoms. The number of carbonyl (C=O) groups excluding carboxylic acids is 2. The summed E-state index contributed by atoms with van der Waals surface area (Å²) in [6.07, 6.45) is 1.56. The lowest BCUT2D eigenvalue weighted by Crippen LogP contribution is -2.33. The van der Waals surface area contributed by atoms with Crippen molar-refractivity contribution in [3.63, 3.8) is 0 Å². The SMILES string of the molecule is CCCOCCC(=O)N(CC)CCC(=O)OC. The summed E-state index contributed by atoms with van der Waals surface area (Å²) < 4.78 is 9.79. The molecule has 0 radical (unpaired) electrons. The molecule has 0 rings (SSSR count). The van der Waals surface area contributed by atoms with E-state index in [4.69, 9.17) is 4.74 Å². The second-order valence-corrected chi connectivity index (χ2v) is 3.66. The largest absolute Gasteiger partial charge is 0.469 e. The number of esters is 1. The van der Waals surface area contributed by atoms with Gasteiger partial charge in [0.1, 0.15) is 0 Å². The van der Waals surface area contributed by atoms with Crippen LogP contribution >= 0.6 is 0 Å². The molecular weight excluding hydrogens is 222 g/mol. The fourth-order valence-electron chi connectivity index (χ4n) is 1.35.